The Balaban J connectivity index is 2.18. The van der Waals surface area contributed by atoms with Crippen molar-refractivity contribution in [3.8, 4) is 11.3 Å². The van der Waals surface area contributed by atoms with Gasteiger partial charge in [-0.15, -0.1) is 0 Å². The van der Waals surface area contributed by atoms with Crippen LogP contribution in [-0.4, -0.2) is 14.6 Å². The molecule has 0 unspecified atom stereocenters. The number of halogens is 1. The third-order valence-corrected chi connectivity index (χ3v) is 3.22. The maximum Gasteiger partial charge on any atom is 0.155 e. The highest BCUT2D eigenvalue weighted by atomic mass is 79.9. The van der Waals surface area contributed by atoms with Crippen LogP contribution >= 0.6 is 15.9 Å². The molecule has 0 spiro atoms. The molecule has 0 aliphatic heterocycles. The number of fused-ring (bicyclic) bond motifs is 1. The van der Waals surface area contributed by atoms with Gasteiger partial charge in [-0.3, -0.25) is 0 Å². The van der Waals surface area contributed by atoms with Gasteiger partial charge in [0.15, 0.2) is 5.65 Å². The standard InChI is InChI=1S/C13H10BrN3/c1-9-6-7-15-13-8-12(16-17(9)13)10-2-4-11(14)5-3-10/h2-8H,1H3. The third kappa shape index (κ3) is 1.85. The summed E-state index contributed by atoms with van der Waals surface area (Å²) in [5.74, 6) is 0. The van der Waals surface area contributed by atoms with Crippen molar-refractivity contribution in [3.63, 3.8) is 0 Å². The van der Waals surface area contributed by atoms with Gasteiger partial charge < -0.3 is 0 Å². The number of hydrogen-bond donors (Lipinski definition) is 0. The van der Waals surface area contributed by atoms with Crippen LogP contribution in [0.15, 0.2) is 47.1 Å². The summed E-state index contributed by atoms with van der Waals surface area (Å²) in [6, 6.07) is 12.1. The van der Waals surface area contributed by atoms with Crippen molar-refractivity contribution in [2.24, 2.45) is 0 Å². The molecule has 17 heavy (non-hydrogen) atoms. The van der Waals surface area contributed by atoms with Gasteiger partial charge in [0.1, 0.15) is 0 Å². The highest BCUT2D eigenvalue weighted by Gasteiger charge is 2.06. The molecule has 0 atom stereocenters. The Hall–Kier alpha value is -1.68. The zero-order chi connectivity index (χ0) is 11.8. The monoisotopic (exact) mass is 287 g/mol. The van der Waals surface area contributed by atoms with E-state index in [4.69, 9.17) is 0 Å². The second-order valence-corrected chi connectivity index (χ2v) is 4.81. The molecule has 1 aromatic carbocycles. The second kappa shape index (κ2) is 3.96. The SMILES string of the molecule is Cc1ccnc2cc(-c3ccc(Br)cc3)nn12. The molecular weight excluding hydrogens is 278 g/mol. The fourth-order valence-electron chi connectivity index (χ4n) is 1.78. The summed E-state index contributed by atoms with van der Waals surface area (Å²) in [5.41, 5.74) is 4.00. The zero-order valence-corrected chi connectivity index (χ0v) is 10.8. The highest BCUT2D eigenvalue weighted by molar-refractivity contribution is 9.10. The van der Waals surface area contributed by atoms with Crippen LogP contribution in [0.3, 0.4) is 0 Å². The Morgan fingerprint density at radius 2 is 1.88 bits per heavy atom. The molecule has 3 aromatic rings. The molecule has 0 N–H and O–H groups in total. The molecule has 4 heteroatoms. The highest BCUT2D eigenvalue weighted by Crippen LogP contribution is 2.21. The molecule has 0 bridgehead atoms. The molecule has 0 fully saturated rings. The summed E-state index contributed by atoms with van der Waals surface area (Å²) in [7, 11) is 0. The molecule has 0 aliphatic rings. The van der Waals surface area contributed by atoms with E-state index < -0.39 is 0 Å². The number of rotatable bonds is 1. The lowest BCUT2D eigenvalue weighted by Gasteiger charge is -1.96. The first-order valence-corrected chi connectivity index (χ1v) is 6.11. The van der Waals surface area contributed by atoms with Crippen LogP contribution < -0.4 is 0 Å². The first kappa shape index (κ1) is 10.5. The maximum absolute atomic E-state index is 4.55. The van der Waals surface area contributed by atoms with Gasteiger partial charge in [0, 0.05) is 28.0 Å². The van der Waals surface area contributed by atoms with Crippen LogP contribution in [0, 0.1) is 6.92 Å². The molecule has 2 heterocycles. The molecule has 84 valence electrons. The van der Waals surface area contributed by atoms with E-state index in [1.165, 1.54) is 0 Å². The number of aromatic nitrogens is 3. The lowest BCUT2D eigenvalue weighted by molar-refractivity contribution is 0.898. The van der Waals surface area contributed by atoms with E-state index in [2.05, 4.69) is 26.0 Å². The van der Waals surface area contributed by atoms with E-state index in [0.717, 1.165) is 27.1 Å². The van der Waals surface area contributed by atoms with Crippen LogP contribution in [0.5, 0.6) is 0 Å². The van der Waals surface area contributed by atoms with Crippen LogP contribution in [0.25, 0.3) is 16.9 Å². The van der Waals surface area contributed by atoms with Crippen molar-refractivity contribution in [2.45, 2.75) is 6.92 Å². The summed E-state index contributed by atoms with van der Waals surface area (Å²) < 4.78 is 2.93. The van der Waals surface area contributed by atoms with E-state index in [1.54, 1.807) is 6.20 Å². The molecule has 0 aliphatic carbocycles. The Kier molecular flexibility index (Phi) is 2.44. The van der Waals surface area contributed by atoms with Crippen molar-refractivity contribution in [3.05, 3.63) is 52.8 Å². The zero-order valence-electron chi connectivity index (χ0n) is 9.26. The van der Waals surface area contributed by atoms with Crippen LogP contribution in [0.1, 0.15) is 5.69 Å². The quantitative estimate of drug-likeness (QED) is 0.686. The van der Waals surface area contributed by atoms with Crippen LogP contribution in [0.4, 0.5) is 0 Å². The van der Waals surface area contributed by atoms with Gasteiger partial charge >= 0.3 is 0 Å². The Labute approximate surface area is 107 Å². The van der Waals surface area contributed by atoms with Gasteiger partial charge in [-0.2, -0.15) is 5.10 Å². The predicted molar refractivity (Wildman–Crippen MR) is 70.9 cm³/mol. The minimum atomic E-state index is 0.878. The predicted octanol–water partition coefficient (Wildman–Crippen LogP) is 3.47. The molecule has 0 amide bonds. The minimum Gasteiger partial charge on any atom is -0.237 e. The normalized spacial score (nSPS) is 10.9. The third-order valence-electron chi connectivity index (χ3n) is 2.69. The number of aryl methyl sites for hydroxylation is 1. The summed E-state index contributed by atoms with van der Waals surface area (Å²) in [6.45, 7) is 2.02. The van der Waals surface area contributed by atoms with E-state index in [-0.39, 0.29) is 0 Å². The van der Waals surface area contributed by atoms with Gasteiger partial charge in [0.2, 0.25) is 0 Å². The van der Waals surface area contributed by atoms with E-state index in [0.29, 0.717) is 0 Å². The topological polar surface area (TPSA) is 30.2 Å². The van der Waals surface area contributed by atoms with Crippen molar-refractivity contribution in [1.29, 1.82) is 0 Å². The number of hydrogen-bond acceptors (Lipinski definition) is 2. The molecule has 0 radical (unpaired) electrons. The van der Waals surface area contributed by atoms with Gasteiger partial charge in [-0.05, 0) is 25.1 Å². The van der Waals surface area contributed by atoms with E-state index in [9.17, 15) is 0 Å². The van der Waals surface area contributed by atoms with E-state index in [1.807, 2.05) is 47.8 Å². The fourth-order valence-corrected chi connectivity index (χ4v) is 2.04. The molecule has 0 saturated heterocycles. The molecule has 3 rings (SSSR count). The summed E-state index contributed by atoms with van der Waals surface area (Å²) in [5, 5.41) is 4.55. The molecular formula is C13H10BrN3. The van der Waals surface area contributed by atoms with Crippen molar-refractivity contribution in [1.82, 2.24) is 14.6 Å². The van der Waals surface area contributed by atoms with Crippen LogP contribution in [-0.2, 0) is 0 Å². The van der Waals surface area contributed by atoms with Gasteiger partial charge in [0.25, 0.3) is 0 Å². The summed E-state index contributed by atoms with van der Waals surface area (Å²) in [4.78, 5) is 4.30. The number of nitrogens with zero attached hydrogens (tertiary/aromatic N) is 3. The van der Waals surface area contributed by atoms with Crippen molar-refractivity contribution >= 4 is 21.6 Å². The molecule has 3 nitrogen and oxygen atoms in total. The minimum absolute atomic E-state index is 0.878. The van der Waals surface area contributed by atoms with Gasteiger partial charge in [-0.25, -0.2) is 9.50 Å². The first-order chi connectivity index (χ1) is 8.24. The van der Waals surface area contributed by atoms with Gasteiger partial charge in [0.05, 0.1) is 5.69 Å². The average Bonchev–Trinajstić information content (AvgIpc) is 2.75. The molecule has 2 aromatic heterocycles. The fraction of sp³-hybridized carbons (Fsp3) is 0.0769. The van der Waals surface area contributed by atoms with Crippen molar-refractivity contribution in [2.75, 3.05) is 0 Å². The maximum atomic E-state index is 4.55. The average molecular weight is 288 g/mol. The Morgan fingerprint density at radius 3 is 2.59 bits per heavy atom. The summed E-state index contributed by atoms with van der Waals surface area (Å²) >= 11 is 3.43. The molecule has 0 saturated carbocycles. The lowest BCUT2D eigenvalue weighted by Crippen LogP contribution is -1.93. The van der Waals surface area contributed by atoms with Crippen LogP contribution in [0.2, 0.25) is 0 Å². The largest absolute Gasteiger partial charge is 0.237 e. The second-order valence-electron chi connectivity index (χ2n) is 3.89. The smallest absolute Gasteiger partial charge is 0.155 e. The summed E-state index contributed by atoms with van der Waals surface area (Å²) in [6.07, 6.45) is 1.80. The van der Waals surface area contributed by atoms with E-state index >= 15 is 0 Å². The van der Waals surface area contributed by atoms with Crippen molar-refractivity contribution < 1.29 is 0 Å². The first-order valence-electron chi connectivity index (χ1n) is 5.31. The van der Waals surface area contributed by atoms with Gasteiger partial charge in [-0.1, -0.05) is 28.1 Å². The Morgan fingerprint density at radius 1 is 1.12 bits per heavy atom. The lowest BCUT2D eigenvalue weighted by atomic mass is 10.2. The Bertz CT molecular complexity index is 671. The number of benzene rings is 1.